The number of aliphatic hydroxyl groups is 1. The van der Waals surface area contributed by atoms with Crippen LogP contribution in [0.25, 0.3) is 0 Å². The van der Waals surface area contributed by atoms with Crippen molar-refractivity contribution < 1.29 is 5.11 Å². The van der Waals surface area contributed by atoms with E-state index in [1.54, 1.807) is 0 Å². The molecule has 2 N–H and O–H groups in total. The molecule has 0 aromatic heterocycles. The van der Waals surface area contributed by atoms with E-state index in [0.717, 1.165) is 43.3 Å². The third kappa shape index (κ3) is 4.35. The van der Waals surface area contributed by atoms with Crippen LogP contribution in [0.1, 0.15) is 32.8 Å². The van der Waals surface area contributed by atoms with Crippen LogP contribution in [0, 0.1) is 11.8 Å². The highest BCUT2D eigenvalue weighted by molar-refractivity contribution is 6.33. The van der Waals surface area contributed by atoms with E-state index < -0.39 is 0 Å². The van der Waals surface area contributed by atoms with Gasteiger partial charge in [0.05, 0.1) is 16.8 Å². The minimum Gasteiger partial charge on any atom is -0.393 e. The lowest BCUT2D eigenvalue weighted by atomic mass is 9.95. The lowest BCUT2D eigenvalue weighted by molar-refractivity contribution is 0.0970. The van der Waals surface area contributed by atoms with Gasteiger partial charge in [-0.1, -0.05) is 44.5 Å². The van der Waals surface area contributed by atoms with Crippen molar-refractivity contribution in [2.24, 2.45) is 11.8 Å². The smallest absolute Gasteiger partial charge is 0.0642 e. The molecule has 0 aliphatic carbocycles. The van der Waals surface area contributed by atoms with Gasteiger partial charge in [0.25, 0.3) is 0 Å². The molecule has 1 aromatic rings. The van der Waals surface area contributed by atoms with E-state index in [0.29, 0.717) is 5.92 Å². The van der Waals surface area contributed by atoms with Crippen molar-refractivity contribution in [3.8, 4) is 0 Å². The molecule has 1 fully saturated rings. The summed E-state index contributed by atoms with van der Waals surface area (Å²) in [6, 6.07) is 6.11. The van der Waals surface area contributed by atoms with Crippen LogP contribution in [0.5, 0.6) is 0 Å². The van der Waals surface area contributed by atoms with Gasteiger partial charge in [0.2, 0.25) is 0 Å². The molecular weight excluding hydrogens is 284 g/mol. The molecule has 1 aliphatic rings. The fourth-order valence-electron chi connectivity index (χ4n) is 2.89. The number of hydrogen-bond donors (Lipinski definition) is 2. The highest BCUT2D eigenvalue weighted by atomic mass is 35.5. The zero-order chi connectivity index (χ0) is 15.4. The molecule has 0 saturated carbocycles. The van der Waals surface area contributed by atoms with Gasteiger partial charge in [-0.3, -0.25) is 0 Å². The Bertz CT molecular complexity index is 464. The van der Waals surface area contributed by atoms with Crippen LogP contribution < -0.4 is 10.2 Å². The van der Waals surface area contributed by atoms with Crippen molar-refractivity contribution in [3.05, 3.63) is 28.8 Å². The summed E-state index contributed by atoms with van der Waals surface area (Å²) in [6.45, 7) is 10.1. The summed E-state index contributed by atoms with van der Waals surface area (Å²) in [6.07, 6.45) is 0.622. The van der Waals surface area contributed by atoms with Gasteiger partial charge in [0, 0.05) is 19.6 Å². The average molecular weight is 311 g/mol. The summed E-state index contributed by atoms with van der Waals surface area (Å²) in [4.78, 5) is 2.33. The molecule has 21 heavy (non-hydrogen) atoms. The number of benzene rings is 1. The molecule has 0 bridgehead atoms. The summed E-state index contributed by atoms with van der Waals surface area (Å²) < 4.78 is 0. The number of rotatable bonds is 5. The van der Waals surface area contributed by atoms with Crippen molar-refractivity contribution in [2.45, 2.75) is 39.8 Å². The quantitative estimate of drug-likeness (QED) is 0.876. The van der Waals surface area contributed by atoms with Gasteiger partial charge in [-0.2, -0.15) is 0 Å². The van der Waals surface area contributed by atoms with E-state index in [2.05, 4.69) is 37.1 Å². The normalized spacial score (nSPS) is 22.9. The largest absolute Gasteiger partial charge is 0.393 e. The van der Waals surface area contributed by atoms with Gasteiger partial charge in [0.1, 0.15) is 0 Å². The average Bonchev–Trinajstić information content (AvgIpc) is 2.42. The molecule has 2 rings (SSSR count). The number of aliphatic hydroxyl groups excluding tert-OH is 1. The Kier molecular flexibility index (Phi) is 5.91. The molecule has 0 amide bonds. The highest BCUT2D eigenvalue weighted by Gasteiger charge is 2.26. The van der Waals surface area contributed by atoms with E-state index in [1.165, 1.54) is 5.56 Å². The van der Waals surface area contributed by atoms with Gasteiger partial charge < -0.3 is 15.3 Å². The maximum Gasteiger partial charge on any atom is 0.0642 e. The van der Waals surface area contributed by atoms with Crippen molar-refractivity contribution >= 4 is 17.3 Å². The van der Waals surface area contributed by atoms with Gasteiger partial charge >= 0.3 is 0 Å². The SMILES string of the molecule is CC(C)CNCc1cccc(Cl)c1N1CCC(O)C(C)C1. The highest BCUT2D eigenvalue weighted by Crippen LogP contribution is 2.33. The number of nitrogens with zero attached hydrogens (tertiary/aromatic N) is 1. The van der Waals surface area contributed by atoms with E-state index in [9.17, 15) is 5.11 Å². The molecule has 0 radical (unpaired) electrons. The third-order valence-corrected chi connectivity index (χ3v) is 4.42. The van der Waals surface area contributed by atoms with E-state index >= 15 is 0 Å². The van der Waals surface area contributed by atoms with Crippen LogP contribution in [0.4, 0.5) is 5.69 Å². The standard InChI is InChI=1S/C17H27ClN2O/c1-12(2)9-19-10-14-5-4-6-15(18)17(14)20-8-7-16(21)13(3)11-20/h4-6,12-13,16,19,21H,7-11H2,1-3H3. The zero-order valence-electron chi connectivity index (χ0n) is 13.3. The maximum absolute atomic E-state index is 9.91. The molecule has 118 valence electrons. The number of hydrogen-bond acceptors (Lipinski definition) is 3. The summed E-state index contributed by atoms with van der Waals surface area (Å²) >= 11 is 6.46. The third-order valence-electron chi connectivity index (χ3n) is 4.11. The van der Waals surface area contributed by atoms with E-state index in [1.807, 2.05) is 12.1 Å². The Morgan fingerprint density at radius 1 is 1.43 bits per heavy atom. The Labute approximate surface area is 133 Å². The second kappa shape index (κ2) is 7.48. The fraction of sp³-hybridized carbons (Fsp3) is 0.647. The monoisotopic (exact) mass is 310 g/mol. The molecule has 2 atom stereocenters. The van der Waals surface area contributed by atoms with Crippen molar-refractivity contribution in [1.82, 2.24) is 5.32 Å². The maximum atomic E-state index is 9.91. The topological polar surface area (TPSA) is 35.5 Å². The second-order valence-corrected chi connectivity index (χ2v) is 6.96. The van der Waals surface area contributed by atoms with Crippen LogP contribution in [-0.2, 0) is 6.54 Å². The van der Waals surface area contributed by atoms with Crippen LogP contribution >= 0.6 is 11.6 Å². The van der Waals surface area contributed by atoms with Crippen molar-refractivity contribution in [2.75, 3.05) is 24.5 Å². The Morgan fingerprint density at radius 2 is 2.19 bits per heavy atom. The number of anilines is 1. The molecule has 1 saturated heterocycles. The molecule has 0 spiro atoms. The zero-order valence-corrected chi connectivity index (χ0v) is 14.0. The predicted molar refractivity (Wildman–Crippen MR) is 90.0 cm³/mol. The lowest BCUT2D eigenvalue weighted by Crippen LogP contribution is -2.42. The summed E-state index contributed by atoms with van der Waals surface area (Å²) in [5.74, 6) is 0.921. The molecule has 1 heterocycles. The second-order valence-electron chi connectivity index (χ2n) is 6.55. The first-order valence-corrected chi connectivity index (χ1v) is 8.28. The van der Waals surface area contributed by atoms with Crippen LogP contribution in [0.2, 0.25) is 5.02 Å². The Morgan fingerprint density at radius 3 is 2.86 bits per heavy atom. The van der Waals surface area contributed by atoms with Gasteiger partial charge in [0.15, 0.2) is 0 Å². The van der Waals surface area contributed by atoms with Crippen molar-refractivity contribution in [1.29, 1.82) is 0 Å². The summed E-state index contributed by atoms with van der Waals surface area (Å²) in [7, 11) is 0. The van der Waals surface area contributed by atoms with Crippen LogP contribution in [-0.4, -0.2) is 30.8 Å². The van der Waals surface area contributed by atoms with Crippen LogP contribution in [0.3, 0.4) is 0 Å². The van der Waals surface area contributed by atoms with Gasteiger partial charge in [-0.15, -0.1) is 0 Å². The first kappa shape index (κ1) is 16.6. The molecule has 2 unspecified atom stereocenters. The number of para-hydroxylation sites is 1. The summed E-state index contributed by atoms with van der Waals surface area (Å²) in [5.41, 5.74) is 2.38. The van der Waals surface area contributed by atoms with E-state index in [4.69, 9.17) is 11.6 Å². The predicted octanol–water partition coefficient (Wildman–Crippen LogP) is 3.29. The van der Waals surface area contributed by atoms with Crippen LogP contribution in [0.15, 0.2) is 18.2 Å². The Hall–Kier alpha value is -0.770. The molecule has 4 heteroatoms. The van der Waals surface area contributed by atoms with E-state index in [-0.39, 0.29) is 12.0 Å². The Balaban J connectivity index is 2.13. The number of nitrogens with one attached hydrogen (secondary N) is 1. The first-order chi connectivity index (χ1) is 9.99. The minimum absolute atomic E-state index is 0.189. The summed E-state index contributed by atoms with van der Waals surface area (Å²) in [5, 5.41) is 14.2. The fourth-order valence-corrected chi connectivity index (χ4v) is 3.20. The van der Waals surface area contributed by atoms with Gasteiger partial charge in [-0.25, -0.2) is 0 Å². The number of piperidine rings is 1. The van der Waals surface area contributed by atoms with Gasteiger partial charge in [-0.05, 0) is 36.4 Å². The minimum atomic E-state index is -0.189. The molecule has 3 nitrogen and oxygen atoms in total. The molecular formula is C17H27ClN2O. The first-order valence-electron chi connectivity index (χ1n) is 7.90. The van der Waals surface area contributed by atoms with Crippen molar-refractivity contribution in [3.63, 3.8) is 0 Å². The number of halogens is 1. The lowest BCUT2D eigenvalue weighted by Gasteiger charge is -2.37. The molecule has 1 aromatic carbocycles. The molecule has 1 aliphatic heterocycles.